The lowest BCUT2D eigenvalue weighted by molar-refractivity contribution is -0.112. The van der Waals surface area contributed by atoms with E-state index >= 15 is 0 Å². The first kappa shape index (κ1) is 19.1. The normalized spacial score (nSPS) is 11.0. The summed E-state index contributed by atoms with van der Waals surface area (Å²) >= 11 is 0. The summed E-state index contributed by atoms with van der Waals surface area (Å²) in [5, 5.41) is 12.1. The van der Waals surface area contributed by atoms with E-state index in [1.54, 1.807) is 24.3 Å². The van der Waals surface area contributed by atoms with Crippen molar-refractivity contribution in [2.24, 2.45) is 0 Å². The van der Waals surface area contributed by atoms with E-state index in [1.165, 1.54) is 6.07 Å². The predicted molar refractivity (Wildman–Crippen MR) is 109 cm³/mol. The molecule has 1 N–H and O–H groups in total. The van der Waals surface area contributed by atoms with Crippen LogP contribution in [0.3, 0.4) is 0 Å². The fourth-order valence-electron chi connectivity index (χ4n) is 2.81. The molecule has 1 amide bonds. The van der Waals surface area contributed by atoms with Crippen molar-refractivity contribution in [1.82, 2.24) is 0 Å². The Labute approximate surface area is 163 Å². The highest BCUT2D eigenvalue weighted by Gasteiger charge is 2.10. The minimum Gasteiger partial charge on any atom is -0.321 e. The molecule has 138 valence electrons. The second-order valence-corrected chi connectivity index (χ2v) is 6.45. The highest BCUT2D eigenvalue weighted by Crippen LogP contribution is 2.17. The average molecular weight is 370 g/mol. The predicted octanol–water partition coefficient (Wildman–Crippen LogP) is 5.27. The number of anilines is 1. The molecule has 3 aromatic carbocycles. The summed E-state index contributed by atoms with van der Waals surface area (Å²) in [6.45, 7) is 1.89. The topological polar surface area (TPSA) is 52.9 Å². The first-order valence-corrected chi connectivity index (χ1v) is 8.88. The molecule has 0 fully saturated rings. The van der Waals surface area contributed by atoms with Gasteiger partial charge in [-0.2, -0.15) is 5.26 Å². The van der Waals surface area contributed by atoms with Crippen LogP contribution in [-0.2, 0) is 11.2 Å². The molecule has 0 aliphatic carbocycles. The second kappa shape index (κ2) is 8.79. The summed E-state index contributed by atoms with van der Waals surface area (Å²) in [5.74, 6) is -0.682. The third kappa shape index (κ3) is 4.72. The van der Waals surface area contributed by atoms with Crippen molar-refractivity contribution in [2.45, 2.75) is 13.3 Å². The van der Waals surface area contributed by atoms with Crippen LogP contribution in [-0.4, -0.2) is 5.91 Å². The van der Waals surface area contributed by atoms with Gasteiger partial charge in [-0.3, -0.25) is 4.79 Å². The molecular weight excluding hydrogens is 351 g/mol. The number of benzene rings is 3. The number of halogens is 1. The molecule has 0 aliphatic heterocycles. The average Bonchev–Trinajstić information content (AvgIpc) is 2.70. The van der Waals surface area contributed by atoms with Gasteiger partial charge in [-0.1, -0.05) is 60.7 Å². The van der Waals surface area contributed by atoms with Gasteiger partial charge in [0.1, 0.15) is 17.5 Å². The van der Waals surface area contributed by atoms with E-state index in [9.17, 15) is 14.4 Å². The molecule has 0 saturated heterocycles. The van der Waals surface area contributed by atoms with Gasteiger partial charge in [-0.15, -0.1) is 0 Å². The van der Waals surface area contributed by atoms with Gasteiger partial charge < -0.3 is 5.32 Å². The maximum Gasteiger partial charge on any atom is 0.266 e. The Morgan fingerprint density at radius 3 is 2.39 bits per heavy atom. The number of rotatable bonds is 5. The SMILES string of the molecule is Cc1ccccc1NC(=O)/C(C#N)=C/c1ccc(Cc2ccccc2F)cc1. The Morgan fingerprint density at radius 1 is 1.04 bits per heavy atom. The molecule has 0 unspecified atom stereocenters. The van der Waals surface area contributed by atoms with E-state index in [-0.39, 0.29) is 11.4 Å². The number of para-hydroxylation sites is 1. The van der Waals surface area contributed by atoms with Crippen LogP contribution in [0.5, 0.6) is 0 Å². The summed E-state index contributed by atoms with van der Waals surface area (Å²) in [6.07, 6.45) is 2.02. The number of hydrogen-bond donors (Lipinski definition) is 1. The van der Waals surface area contributed by atoms with Gasteiger partial charge in [-0.05, 0) is 47.4 Å². The fraction of sp³-hybridized carbons (Fsp3) is 0.0833. The van der Waals surface area contributed by atoms with Gasteiger partial charge in [-0.25, -0.2) is 4.39 Å². The zero-order valence-electron chi connectivity index (χ0n) is 15.4. The van der Waals surface area contributed by atoms with Crippen molar-refractivity contribution >= 4 is 17.7 Å². The molecule has 0 heterocycles. The number of hydrogen-bond acceptors (Lipinski definition) is 2. The van der Waals surface area contributed by atoms with Gasteiger partial charge >= 0.3 is 0 Å². The van der Waals surface area contributed by atoms with Crippen molar-refractivity contribution in [3.05, 3.63) is 106 Å². The van der Waals surface area contributed by atoms with Crippen LogP contribution < -0.4 is 5.32 Å². The first-order chi connectivity index (χ1) is 13.6. The lowest BCUT2D eigenvalue weighted by Gasteiger charge is -2.07. The number of aryl methyl sites for hydroxylation is 1. The molecular formula is C24H19FN2O. The maximum absolute atomic E-state index is 13.8. The van der Waals surface area contributed by atoms with Crippen LogP contribution in [0.4, 0.5) is 10.1 Å². The molecule has 3 aromatic rings. The molecule has 0 saturated carbocycles. The van der Waals surface area contributed by atoms with E-state index in [2.05, 4.69) is 5.32 Å². The molecule has 0 spiro atoms. The number of nitrogens with one attached hydrogen (secondary N) is 1. The standard InChI is InChI=1S/C24H19FN2O/c1-17-6-2-5-9-23(17)27-24(28)21(16-26)15-19-12-10-18(11-13-19)14-20-7-3-4-8-22(20)25/h2-13,15H,14H2,1H3,(H,27,28)/b21-15+. The largest absolute Gasteiger partial charge is 0.321 e. The number of nitrogens with zero attached hydrogens (tertiary/aromatic N) is 1. The highest BCUT2D eigenvalue weighted by atomic mass is 19.1. The minimum atomic E-state index is -0.452. The van der Waals surface area contributed by atoms with Crippen LogP contribution in [0.25, 0.3) is 6.08 Å². The quantitative estimate of drug-likeness (QED) is 0.491. The summed E-state index contributed by atoms with van der Waals surface area (Å²) < 4.78 is 13.8. The summed E-state index contributed by atoms with van der Waals surface area (Å²) in [4.78, 5) is 12.4. The summed E-state index contributed by atoms with van der Waals surface area (Å²) in [6, 6.07) is 23.4. The molecule has 0 aromatic heterocycles. The Hall–Kier alpha value is -3.71. The first-order valence-electron chi connectivity index (χ1n) is 8.88. The summed E-state index contributed by atoms with van der Waals surface area (Å²) in [7, 11) is 0. The van der Waals surface area contributed by atoms with E-state index < -0.39 is 5.91 Å². The van der Waals surface area contributed by atoms with Gasteiger partial charge in [0.05, 0.1) is 0 Å². The summed E-state index contributed by atoms with van der Waals surface area (Å²) in [5.41, 5.74) is 3.92. The molecule has 3 nitrogen and oxygen atoms in total. The van der Waals surface area contributed by atoms with E-state index in [0.29, 0.717) is 17.7 Å². The van der Waals surface area contributed by atoms with Crippen LogP contribution in [0.2, 0.25) is 0 Å². The van der Waals surface area contributed by atoms with Crippen molar-refractivity contribution in [3.8, 4) is 6.07 Å². The maximum atomic E-state index is 13.8. The number of amides is 1. The minimum absolute atomic E-state index is 0.0186. The third-order valence-electron chi connectivity index (χ3n) is 4.40. The molecule has 28 heavy (non-hydrogen) atoms. The molecule has 3 rings (SSSR count). The van der Waals surface area contributed by atoms with Crippen LogP contribution in [0, 0.1) is 24.1 Å². The van der Waals surface area contributed by atoms with Gasteiger partial charge in [0.15, 0.2) is 0 Å². The molecule has 0 atom stereocenters. The molecule has 0 aliphatic rings. The Morgan fingerprint density at radius 2 is 1.71 bits per heavy atom. The lowest BCUT2D eigenvalue weighted by atomic mass is 10.0. The van der Waals surface area contributed by atoms with Gasteiger partial charge in [0.25, 0.3) is 5.91 Å². The second-order valence-electron chi connectivity index (χ2n) is 6.45. The third-order valence-corrected chi connectivity index (χ3v) is 4.40. The molecule has 0 bridgehead atoms. The zero-order chi connectivity index (χ0) is 19.9. The molecule has 0 radical (unpaired) electrons. The Kier molecular flexibility index (Phi) is 5.98. The van der Waals surface area contributed by atoms with Crippen molar-refractivity contribution in [1.29, 1.82) is 5.26 Å². The van der Waals surface area contributed by atoms with Crippen LogP contribution in [0.15, 0.2) is 78.4 Å². The Bertz CT molecular complexity index is 1060. The number of carbonyl (C=O) groups excluding carboxylic acids is 1. The van der Waals surface area contributed by atoms with Crippen molar-refractivity contribution in [3.63, 3.8) is 0 Å². The number of nitriles is 1. The monoisotopic (exact) mass is 370 g/mol. The van der Waals surface area contributed by atoms with Crippen LogP contribution in [0.1, 0.15) is 22.3 Å². The fourth-order valence-corrected chi connectivity index (χ4v) is 2.81. The van der Waals surface area contributed by atoms with Crippen molar-refractivity contribution in [2.75, 3.05) is 5.32 Å². The zero-order valence-corrected chi connectivity index (χ0v) is 15.4. The Balaban J connectivity index is 1.74. The van der Waals surface area contributed by atoms with Crippen LogP contribution >= 0.6 is 0 Å². The number of carbonyl (C=O) groups is 1. The van der Waals surface area contributed by atoms with E-state index in [1.807, 2.05) is 61.5 Å². The lowest BCUT2D eigenvalue weighted by Crippen LogP contribution is -2.14. The van der Waals surface area contributed by atoms with Gasteiger partial charge in [0.2, 0.25) is 0 Å². The van der Waals surface area contributed by atoms with E-state index in [0.717, 1.165) is 16.7 Å². The van der Waals surface area contributed by atoms with Gasteiger partial charge in [0, 0.05) is 12.1 Å². The smallest absolute Gasteiger partial charge is 0.266 e. The molecule has 4 heteroatoms. The van der Waals surface area contributed by atoms with E-state index in [4.69, 9.17) is 0 Å². The highest BCUT2D eigenvalue weighted by molar-refractivity contribution is 6.09. The van der Waals surface area contributed by atoms with Crippen molar-refractivity contribution < 1.29 is 9.18 Å².